The standard InChI is InChI=1S/C14H21N3O2/c1-10(17(2)13-7-8-19-9-13)14(18)16-12-5-3-11(15)4-6-12/h3-6,10,13H,7-9,15H2,1-2H3,(H,16,18). The van der Waals surface area contributed by atoms with Gasteiger partial charge in [0.05, 0.1) is 12.6 Å². The van der Waals surface area contributed by atoms with Crippen molar-refractivity contribution in [1.82, 2.24) is 4.90 Å². The van der Waals surface area contributed by atoms with E-state index in [0.29, 0.717) is 18.3 Å². The van der Waals surface area contributed by atoms with Gasteiger partial charge in [-0.2, -0.15) is 0 Å². The number of benzene rings is 1. The first kappa shape index (κ1) is 13.8. The maximum absolute atomic E-state index is 12.2. The number of hydrogen-bond acceptors (Lipinski definition) is 4. The number of likely N-dealkylation sites (N-methyl/N-ethyl adjacent to an activating group) is 1. The van der Waals surface area contributed by atoms with Crippen molar-refractivity contribution in [3.05, 3.63) is 24.3 Å². The molecule has 104 valence electrons. The van der Waals surface area contributed by atoms with Crippen LogP contribution in [0.25, 0.3) is 0 Å². The highest BCUT2D eigenvalue weighted by Gasteiger charge is 2.27. The summed E-state index contributed by atoms with van der Waals surface area (Å²) in [6, 6.07) is 7.29. The van der Waals surface area contributed by atoms with Crippen molar-refractivity contribution in [2.45, 2.75) is 25.4 Å². The lowest BCUT2D eigenvalue weighted by atomic mass is 10.1. The first-order chi connectivity index (χ1) is 9.08. The van der Waals surface area contributed by atoms with Gasteiger partial charge in [0.2, 0.25) is 5.91 Å². The minimum Gasteiger partial charge on any atom is -0.399 e. The molecule has 0 radical (unpaired) electrons. The minimum absolute atomic E-state index is 0.0147. The van der Waals surface area contributed by atoms with E-state index in [1.54, 1.807) is 24.3 Å². The summed E-state index contributed by atoms with van der Waals surface area (Å²) in [6.07, 6.45) is 0.982. The van der Waals surface area contributed by atoms with Crippen LogP contribution in [0, 0.1) is 0 Å². The van der Waals surface area contributed by atoms with Gasteiger partial charge >= 0.3 is 0 Å². The molecule has 2 unspecified atom stereocenters. The van der Waals surface area contributed by atoms with Crippen LogP contribution >= 0.6 is 0 Å². The third-order valence-corrected chi connectivity index (χ3v) is 3.65. The van der Waals surface area contributed by atoms with E-state index in [9.17, 15) is 4.79 Å². The molecule has 2 atom stereocenters. The number of ether oxygens (including phenoxy) is 1. The summed E-state index contributed by atoms with van der Waals surface area (Å²) in [5, 5.41) is 2.90. The Balaban J connectivity index is 1.93. The fourth-order valence-electron chi connectivity index (χ4n) is 2.16. The number of nitrogens with zero attached hydrogens (tertiary/aromatic N) is 1. The Kier molecular flexibility index (Phi) is 4.39. The second kappa shape index (κ2) is 6.04. The van der Waals surface area contributed by atoms with Crippen LogP contribution in [-0.4, -0.2) is 43.2 Å². The SMILES string of the molecule is CC(C(=O)Nc1ccc(N)cc1)N(C)C1CCOC1. The molecular formula is C14H21N3O2. The second-order valence-electron chi connectivity index (χ2n) is 4.97. The van der Waals surface area contributed by atoms with Gasteiger partial charge in [-0.1, -0.05) is 0 Å². The molecule has 2 rings (SSSR count). The molecule has 0 bridgehead atoms. The highest BCUT2D eigenvalue weighted by molar-refractivity contribution is 5.94. The summed E-state index contributed by atoms with van der Waals surface area (Å²) in [5.41, 5.74) is 7.07. The predicted molar refractivity (Wildman–Crippen MR) is 75.9 cm³/mol. The van der Waals surface area contributed by atoms with Crippen molar-refractivity contribution in [3.63, 3.8) is 0 Å². The van der Waals surface area contributed by atoms with Crippen LogP contribution in [0.3, 0.4) is 0 Å². The quantitative estimate of drug-likeness (QED) is 0.804. The zero-order valence-electron chi connectivity index (χ0n) is 11.4. The Morgan fingerprint density at radius 2 is 2.16 bits per heavy atom. The largest absolute Gasteiger partial charge is 0.399 e. The van der Waals surface area contributed by atoms with Crippen LogP contribution in [0.15, 0.2) is 24.3 Å². The van der Waals surface area contributed by atoms with Crippen molar-refractivity contribution < 1.29 is 9.53 Å². The summed E-state index contributed by atoms with van der Waals surface area (Å²) in [7, 11) is 1.96. The normalized spacial score (nSPS) is 20.5. The molecule has 0 spiro atoms. The van der Waals surface area contributed by atoms with Crippen LogP contribution in [-0.2, 0) is 9.53 Å². The Labute approximate surface area is 113 Å². The van der Waals surface area contributed by atoms with E-state index in [2.05, 4.69) is 10.2 Å². The number of nitrogens with one attached hydrogen (secondary N) is 1. The van der Waals surface area contributed by atoms with Gasteiger partial charge < -0.3 is 15.8 Å². The van der Waals surface area contributed by atoms with Gasteiger partial charge in [0, 0.05) is 24.0 Å². The number of amides is 1. The molecule has 5 nitrogen and oxygen atoms in total. The van der Waals surface area contributed by atoms with Gasteiger partial charge in [0.15, 0.2) is 0 Å². The monoisotopic (exact) mass is 263 g/mol. The molecule has 0 aromatic heterocycles. The third-order valence-electron chi connectivity index (χ3n) is 3.65. The smallest absolute Gasteiger partial charge is 0.241 e. The molecule has 19 heavy (non-hydrogen) atoms. The molecule has 5 heteroatoms. The molecule has 1 saturated heterocycles. The van der Waals surface area contributed by atoms with E-state index in [-0.39, 0.29) is 11.9 Å². The number of carbonyl (C=O) groups excluding carboxylic acids is 1. The molecule has 1 aliphatic rings. The summed E-state index contributed by atoms with van der Waals surface area (Å²) in [4.78, 5) is 14.2. The van der Waals surface area contributed by atoms with E-state index in [1.165, 1.54) is 0 Å². The predicted octanol–water partition coefficient (Wildman–Crippen LogP) is 1.32. The van der Waals surface area contributed by atoms with Crippen molar-refractivity contribution in [2.75, 3.05) is 31.3 Å². The zero-order chi connectivity index (χ0) is 13.8. The molecule has 1 heterocycles. The van der Waals surface area contributed by atoms with Crippen molar-refractivity contribution in [2.24, 2.45) is 0 Å². The van der Waals surface area contributed by atoms with E-state index in [0.717, 1.165) is 18.7 Å². The van der Waals surface area contributed by atoms with Crippen LogP contribution in [0.4, 0.5) is 11.4 Å². The van der Waals surface area contributed by atoms with Gasteiger partial charge in [-0.05, 0) is 44.7 Å². The number of nitrogens with two attached hydrogens (primary N) is 1. The van der Waals surface area contributed by atoms with E-state index in [4.69, 9.17) is 10.5 Å². The molecule has 1 aromatic carbocycles. The van der Waals surface area contributed by atoms with E-state index >= 15 is 0 Å². The van der Waals surface area contributed by atoms with E-state index in [1.807, 2.05) is 14.0 Å². The Hall–Kier alpha value is -1.59. The zero-order valence-corrected chi connectivity index (χ0v) is 11.4. The fourth-order valence-corrected chi connectivity index (χ4v) is 2.16. The number of anilines is 2. The molecule has 0 saturated carbocycles. The second-order valence-corrected chi connectivity index (χ2v) is 4.97. The van der Waals surface area contributed by atoms with Crippen molar-refractivity contribution in [3.8, 4) is 0 Å². The first-order valence-corrected chi connectivity index (χ1v) is 6.54. The number of nitrogen functional groups attached to an aromatic ring is 1. The Morgan fingerprint density at radius 3 is 2.74 bits per heavy atom. The van der Waals surface area contributed by atoms with Gasteiger partial charge in [0.25, 0.3) is 0 Å². The highest BCUT2D eigenvalue weighted by atomic mass is 16.5. The van der Waals surface area contributed by atoms with Crippen LogP contribution in [0.5, 0.6) is 0 Å². The summed E-state index contributed by atoms with van der Waals surface area (Å²) >= 11 is 0. The summed E-state index contributed by atoms with van der Waals surface area (Å²) in [6.45, 7) is 3.39. The molecule has 1 fully saturated rings. The van der Waals surface area contributed by atoms with Crippen LogP contribution in [0.1, 0.15) is 13.3 Å². The molecule has 1 aliphatic heterocycles. The van der Waals surface area contributed by atoms with Crippen molar-refractivity contribution >= 4 is 17.3 Å². The number of carbonyl (C=O) groups is 1. The highest BCUT2D eigenvalue weighted by Crippen LogP contribution is 2.15. The minimum atomic E-state index is -0.191. The molecule has 1 aromatic rings. The summed E-state index contributed by atoms with van der Waals surface area (Å²) < 4.78 is 5.35. The maximum Gasteiger partial charge on any atom is 0.241 e. The van der Waals surface area contributed by atoms with Gasteiger partial charge in [-0.25, -0.2) is 0 Å². The molecular weight excluding hydrogens is 242 g/mol. The average Bonchev–Trinajstić information content (AvgIpc) is 2.93. The molecule has 0 aliphatic carbocycles. The Bertz CT molecular complexity index is 427. The number of hydrogen-bond donors (Lipinski definition) is 2. The number of rotatable bonds is 4. The van der Waals surface area contributed by atoms with Gasteiger partial charge in [-0.15, -0.1) is 0 Å². The van der Waals surface area contributed by atoms with E-state index < -0.39 is 0 Å². The first-order valence-electron chi connectivity index (χ1n) is 6.54. The lowest BCUT2D eigenvalue weighted by Crippen LogP contribution is -2.45. The van der Waals surface area contributed by atoms with Gasteiger partial charge in [0.1, 0.15) is 0 Å². The topological polar surface area (TPSA) is 67.6 Å². The fraction of sp³-hybridized carbons (Fsp3) is 0.500. The lowest BCUT2D eigenvalue weighted by Gasteiger charge is -2.28. The lowest BCUT2D eigenvalue weighted by molar-refractivity contribution is -0.121. The molecule has 3 N–H and O–H groups in total. The average molecular weight is 263 g/mol. The Morgan fingerprint density at radius 1 is 1.47 bits per heavy atom. The third kappa shape index (κ3) is 3.45. The van der Waals surface area contributed by atoms with Crippen LogP contribution in [0.2, 0.25) is 0 Å². The van der Waals surface area contributed by atoms with Gasteiger partial charge in [-0.3, -0.25) is 9.69 Å². The summed E-state index contributed by atoms with van der Waals surface area (Å²) in [5.74, 6) is -0.0147. The maximum atomic E-state index is 12.2. The molecule has 1 amide bonds. The van der Waals surface area contributed by atoms with Crippen LogP contribution < -0.4 is 11.1 Å². The van der Waals surface area contributed by atoms with Crippen molar-refractivity contribution in [1.29, 1.82) is 0 Å².